The van der Waals surface area contributed by atoms with Gasteiger partial charge in [0.25, 0.3) is 0 Å². The van der Waals surface area contributed by atoms with Gasteiger partial charge < -0.3 is 4.90 Å². The lowest BCUT2D eigenvalue weighted by Gasteiger charge is -2.32. The summed E-state index contributed by atoms with van der Waals surface area (Å²) in [7, 11) is 0. The van der Waals surface area contributed by atoms with Gasteiger partial charge in [-0.2, -0.15) is 0 Å². The zero-order valence-corrected chi connectivity index (χ0v) is 10.9. The van der Waals surface area contributed by atoms with Crippen molar-refractivity contribution in [1.29, 1.82) is 0 Å². The smallest absolute Gasteiger partial charge is 0.152 e. The third kappa shape index (κ3) is 2.71. The molecule has 1 aromatic carbocycles. The molecule has 0 aliphatic carbocycles. The molecule has 1 aliphatic rings. The Labute approximate surface area is 108 Å². The second-order valence-corrected chi connectivity index (χ2v) is 4.93. The first-order chi connectivity index (χ1) is 8.76. The zero-order valence-electron chi connectivity index (χ0n) is 10.9. The molecule has 2 nitrogen and oxygen atoms in total. The monoisotopic (exact) mass is 249 g/mol. The SMILES string of the molecule is CCC1CCCCCN1c1ccc(F)cc1C=O. The van der Waals surface area contributed by atoms with Crippen LogP contribution in [0.5, 0.6) is 0 Å². The van der Waals surface area contributed by atoms with Crippen LogP contribution < -0.4 is 4.90 Å². The lowest BCUT2D eigenvalue weighted by Crippen LogP contribution is -2.35. The lowest BCUT2D eigenvalue weighted by atomic mass is 10.1. The molecule has 0 bridgehead atoms. The van der Waals surface area contributed by atoms with Crippen LogP contribution in [0.4, 0.5) is 10.1 Å². The Morgan fingerprint density at radius 3 is 2.94 bits per heavy atom. The van der Waals surface area contributed by atoms with Gasteiger partial charge in [-0.15, -0.1) is 0 Å². The average molecular weight is 249 g/mol. The number of carbonyl (C=O) groups is 1. The quantitative estimate of drug-likeness (QED) is 0.759. The number of rotatable bonds is 3. The second-order valence-electron chi connectivity index (χ2n) is 4.93. The van der Waals surface area contributed by atoms with Crippen molar-refractivity contribution in [2.45, 2.75) is 45.1 Å². The number of anilines is 1. The molecule has 2 rings (SSSR count). The van der Waals surface area contributed by atoms with E-state index in [2.05, 4.69) is 11.8 Å². The maximum absolute atomic E-state index is 13.2. The van der Waals surface area contributed by atoms with Crippen LogP contribution in [0.15, 0.2) is 18.2 Å². The summed E-state index contributed by atoms with van der Waals surface area (Å²) < 4.78 is 13.2. The molecule has 0 saturated carbocycles. The van der Waals surface area contributed by atoms with Crippen molar-refractivity contribution in [2.24, 2.45) is 0 Å². The summed E-state index contributed by atoms with van der Waals surface area (Å²) in [5.74, 6) is -0.344. The standard InChI is InChI=1S/C15H20FNO/c1-2-14-6-4-3-5-9-17(14)15-8-7-13(16)10-12(15)11-18/h7-8,10-11,14H,2-6,9H2,1H3. The Balaban J connectivity index is 2.35. The Bertz CT molecular complexity index is 419. The molecular formula is C15H20FNO. The van der Waals surface area contributed by atoms with E-state index in [1.54, 1.807) is 6.07 Å². The van der Waals surface area contributed by atoms with Crippen LogP contribution in [-0.2, 0) is 0 Å². The highest BCUT2D eigenvalue weighted by molar-refractivity contribution is 5.84. The highest BCUT2D eigenvalue weighted by Crippen LogP contribution is 2.28. The van der Waals surface area contributed by atoms with Gasteiger partial charge in [0.15, 0.2) is 6.29 Å². The summed E-state index contributed by atoms with van der Waals surface area (Å²) in [5.41, 5.74) is 1.36. The molecule has 1 atom stereocenters. The van der Waals surface area contributed by atoms with Gasteiger partial charge in [-0.3, -0.25) is 4.79 Å². The molecular weight excluding hydrogens is 229 g/mol. The van der Waals surface area contributed by atoms with Gasteiger partial charge >= 0.3 is 0 Å². The minimum absolute atomic E-state index is 0.344. The molecule has 98 valence electrons. The predicted octanol–water partition coefficient (Wildman–Crippen LogP) is 3.80. The first kappa shape index (κ1) is 13.1. The molecule has 1 fully saturated rings. The van der Waals surface area contributed by atoms with Crippen LogP contribution in [0.2, 0.25) is 0 Å². The van der Waals surface area contributed by atoms with E-state index < -0.39 is 0 Å². The maximum Gasteiger partial charge on any atom is 0.152 e. The van der Waals surface area contributed by atoms with E-state index in [1.165, 1.54) is 25.0 Å². The van der Waals surface area contributed by atoms with Gasteiger partial charge in [0.05, 0.1) is 0 Å². The second kappa shape index (κ2) is 5.98. The predicted molar refractivity (Wildman–Crippen MR) is 71.7 cm³/mol. The van der Waals surface area contributed by atoms with Crippen molar-refractivity contribution >= 4 is 12.0 Å². The van der Waals surface area contributed by atoms with Crippen molar-refractivity contribution in [3.8, 4) is 0 Å². The van der Waals surface area contributed by atoms with Crippen LogP contribution in [0.3, 0.4) is 0 Å². The van der Waals surface area contributed by atoms with Crippen molar-refractivity contribution in [3.63, 3.8) is 0 Å². The number of carbonyl (C=O) groups excluding carboxylic acids is 1. The Morgan fingerprint density at radius 2 is 2.22 bits per heavy atom. The van der Waals surface area contributed by atoms with Crippen molar-refractivity contribution in [3.05, 3.63) is 29.6 Å². The third-order valence-electron chi connectivity index (χ3n) is 3.77. The molecule has 1 aliphatic heterocycles. The van der Waals surface area contributed by atoms with E-state index in [0.29, 0.717) is 11.6 Å². The van der Waals surface area contributed by atoms with E-state index in [0.717, 1.165) is 37.8 Å². The fraction of sp³-hybridized carbons (Fsp3) is 0.533. The van der Waals surface area contributed by atoms with E-state index in [9.17, 15) is 9.18 Å². The summed E-state index contributed by atoms with van der Waals surface area (Å²) >= 11 is 0. The normalized spacial score (nSPS) is 20.6. The van der Waals surface area contributed by atoms with Crippen LogP contribution in [0.1, 0.15) is 49.4 Å². The average Bonchev–Trinajstić information content (AvgIpc) is 2.63. The van der Waals surface area contributed by atoms with Crippen LogP contribution in [0.25, 0.3) is 0 Å². The summed E-state index contributed by atoms with van der Waals surface area (Å²) in [6, 6.07) is 4.99. The summed E-state index contributed by atoms with van der Waals surface area (Å²) in [4.78, 5) is 13.4. The van der Waals surface area contributed by atoms with Crippen LogP contribution in [-0.4, -0.2) is 18.9 Å². The molecule has 1 unspecified atom stereocenters. The van der Waals surface area contributed by atoms with Gasteiger partial charge in [-0.1, -0.05) is 19.8 Å². The lowest BCUT2D eigenvalue weighted by molar-refractivity contribution is 0.112. The highest BCUT2D eigenvalue weighted by atomic mass is 19.1. The fourth-order valence-corrected chi connectivity index (χ4v) is 2.80. The van der Waals surface area contributed by atoms with Gasteiger partial charge in [0.2, 0.25) is 0 Å². The first-order valence-electron chi connectivity index (χ1n) is 6.77. The number of aldehydes is 1. The Hall–Kier alpha value is -1.38. The number of benzene rings is 1. The molecule has 1 heterocycles. The largest absolute Gasteiger partial charge is 0.368 e. The molecule has 0 radical (unpaired) electrons. The topological polar surface area (TPSA) is 20.3 Å². The molecule has 3 heteroatoms. The highest BCUT2D eigenvalue weighted by Gasteiger charge is 2.21. The van der Waals surface area contributed by atoms with Crippen molar-refractivity contribution in [1.82, 2.24) is 0 Å². The van der Waals surface area contributed by atoms with E-state index in [1.807, 2.05) is 0 Å². The van der Waals surface area contributed by atoms with E-state index in [4.69, 9.17) is 0 Å². The fourth-order valence-electron chi connectivity index (χ4n) is 2.80. The van der Waals surface area contributed by atoms with Gasteiger partial charge in [0, 0.05) is 23.8 Å². The zero-order chi connectivity index (χ0) is 13.0. The molecule has 1 saturated heterocycles. The molecule has 0 amide bonds. The summed E-state index contributed by atoms with van der Waals surface area (Å²) in [6.07, 6.45) is 6.61. The number of halogens is 1. The van der Waals surface area contributed by atoms with Gasteiger partial charge in [-0.25, -0.2) is 4.39 Å². The third-order valence-corrected chi connectivity index (χ3v) is 3.77. The van der Waals surface area contributed by atoms with E-state index in [-0.39, 0.29) is 5.82 Å². The number of hydrogen-bond donors (Lipinski definition) is 0. The Kier molecular flexibility index (Phi) is 4.34. The van der Waals surface area contributed by atoms with E-state index >= 15 is 0 Å². The van der Waals surface area contributed by atoms with Crippen LogP contribution in [0, 0.1) is 5.82 Å². The maximum atomic E-state index is 13.2. The van der Waals surface area contributed by atoms with Gasteiger partial charge in [0.1, 0.15) is 5.82 Å². The molecule has 1 aromatic rings. The van der Waals surface area contributed by atoms with Crippen molar-refractivity contribution in [2.75, 3.05) is 11.4 Å². The Morgan fingerprint density at radius 1 is 1.39 bits per heavy atom. The minimum atomic E-state index is -0.344. The first-order valence-corrected chi connectivity index (χ1v) is 6.77. The number of nitrogens with zero attached hydrogens (tertiary/aromatic N) is 1. The molecule has 0 spiro atoms. The molecule has 0 aromatic heterocycles. The summed E-state index contributed by atoms with van der Waals surface area (Å²) in [5, 5.41) is 0. The minimum Gasteiger partial charge on any atom is -0.368 e. The molecule has 18 heavy (non-hydrogen) atoms. The van der Waals surface area contributed by atoms with Crippen molar-refractivity contribution < 1.29 is 9.18 Å². The summed E-state index contributed by atoms with van der Waals surface area (Å²) in [6.45, 7) is 3.14. The molecule has 0 N–H and O–H groups in total. The van der Waals surface area contributed by atoms with Crippen LogP contribution >= 0.6 is 0 Å². The van der Waals surface area contributed by atoms with Gasteiger partial charge in [-0.05, 0) is 37.5 Å². The number of hydrogen-bond acceptors (Lipinski definition) is 2.